The number of hydrogen-bond acceptors (Lipinski definition) is 5. The van der Waals surface area contributed by atoms with Crippen LogP contribution in [0.4, 0.5) is 15.9 Å². The van der Waals surface area contributed by atoms with Gasteiger partial charge in [-0.2, -0.15) is 0 Å². The zero-order valence-electron chi connectivity index (χ0n) is 17.8. The third-order valence-electron chi connectivity index (χ3n) is 5.53. The van der Waals surface area contributed by atoms with Gasteiger partial charge in [0.25, 0.3) is 0 Å². The van der Waals surface area contributed by atoms with Gasteiger partial charge in [-0.25, -0.2) is 14.4 Å². The molecule has 1 aliphatic heterocycles. The molecule has 1 unspecified atom stereocenters. The summed E-state index contributed by atoms with van der Waals surface area (Å²) in [6.07, 6.45) is 5.79. The van der Waals surface area contributed by atoms with Crippen molar-refractivity contribution in [3.8, 4) is 11.3 Å². The van der Waals surface area contributed by atoms with Crippen molar-refractivity contribution >= 4 is 11.5 Å². The first-order chi connectivity index (χ1) is 14.5. The maximum Gasteiger partial charge on any atom is 0.137 e. The standard InChI is InChI=1S/C24H28FN5/c1-17(2)30(21-10-4-9-20(25)13-21)23-14-22(18-7-5-11-26-15-18)27-24(28-23)19-8-6-12-29(3)16-19/h4-5,7,9-11,13-15,17,19H,6,8,12,16H2,1-3H3. The molecule has 5 nitrogen and oxygen atoms in total. The highest BCUT2D eigenvalue weighted by Crippen LogP contribution is 2.32. The summed E-state index contributed by atoms with van der Waals surface area (Å²) in [6, 6.07) is 12.7. The fourth-order valence-corrected chi connectivity index (χ4v) is 4.12. The van der Waals surface area contributed by atoms with E-state index in [2.05, 4.69) is 35.7 Å². The molecule has 0 aliphatic carbocycles. The molecule has 0 saturated carbocycles. The number of pyridine rings is 1. The summed E-state index contributed by atoms with van der Waals surface area (Å²) >= 11 is 0. The number of rotatable bonds is 5. The van der Waals surface area contributed by atoms with Crippen LogP contribution in [-0.4, -0.2) is 46.0 Å². The topological polar surface area (TPSA) is 45.2 Å². The van der Waals surface area contributed by atoms with Crippen LogP contribution in [0.5, 0.6) is 0 Å². The van der Waals surface area contributed by atoms with Gasteiger partial charge in [0.2, 0.25) is 0 Å². The monoisotopic (exact) mass is 405 g/mol. The lowest BCUT2D eigenvalue weighted by Gasteiger charge is -2.31. The van der Waals surface area contributed by atoms with Gasteiger partial charge in [-0.1, -0.05) is 6.07 Å². The van der Waals surface area contributed by atoms with Crippen LogP contribution in [0.25, 0.3) is 11.3 Å². The number of benzene rings is 1. The second-order valence-electron chi connectivity index (χ2n) is 8.26. The first kappa shape index (κ1) is 20.4. The summed E-state index contributed by atoms with van der Waals surface area (Å²) < 4.78 is 14.0. The molecular formula is C24H28FN5. The molecule has 0 spiro atoms. The lowest BCUT2D eigenvalue weighted by atomic mass is 9.97. The van der Waals surface area contributed by atoms with Crippen molar-refractivity contribution in [2.75, 3.05) is 25.0 Å². The maximum atomic E-state index is 14.0. The predicted octanol–water partition coefficient (Wildman–Crippen LogP) is 5.03. The Morgan fingerprint density at radius 1 is 1.13 bits per heavy atom. The van der Waals surface area contributed by atoms with Crippen LogP contribution >= 0.6 is 0 Å². The Morgan fingerprint density at radius 3 is 2.70 bits per heavy atom. The minimum absolute atomic E-state index is 0.102. The molecule has 4 rings (SSSR count). The van der Waals surface area contributed by atoms with Crippen molar-refractivity contribution in [3.63, 3.8) is 0 Å². The van der Waals surface area contributed by atoms with Crippen molar-refractivity contribution in [2.45, 2.75) is 38.6 Å². The fourth-order valence-electron chi connectivity index (χ4n) is 4.12. The Balaban J connectivity index is 1.83. The molecule has 1 atom stereocenters. The van der Waals surface area contributed by atoms with E-state index >= 15 is 0 Å². The number of aromatic nitrogens is 3. The zero-order valence-corrected chi connectivity index (χ0v) is 17.8. The number of hydrogen-bond donors (Lipinski definition) is 0. The Morgan fingerprint density at radius 2 is 2.00 bits per heavy atom. The summed E-state index contributed by atoms with van der Waals surface area (Å²) in [5.74, 6) is 1.65. The van der Waals surface area contributed by atoms with E-state index in [9.17, 15) is 4.39 Å². The van der Waals surface area contributed by atoms with Gasteiger partial charge in [0.05, 0.1) is 5.69 Å². The van der Waals surface area contributed by atoms with Crippen molar-refractivity contribution in [2.24, 2.45) is 0 Å². The van der Waals surface area contributed by atoms with E-state index < -0.39 is 0 Å². The van der Waals surface area contributed by atoms with Gasteiger partial charge < -0.3 is 9.80 Å². The maximum absolute atomic E-state index is 14.0. The average Bonchev–Trinajstić information content (AvgIpc) is 2.74. The number of likely N-dealkylation sites (N-methyl/N-ethyl adjacent to an activating group) is 1. The molecule has 0 amide bonds. The Bertz CT molecular complexity index is 992. The summed E-state index contributed by atoms with van der Waals surface area (Å²) in [6.45, 7) is 6.22. The largest absolute Gasteiger partial charge is 0.324 e. The summed E-state index contributed by atoms with van der Waals surface area (Å²) in [5.41, 5.74) is 2.58. The van der Waals surface area contributed by atoms with E-state index in [-0.39, 0.29) is 17.8 Å². The molecule has 30 heavy (non-hydrogen) atoms. The van der Waals surface area contributed by atoms with Crippen LogP contribution in [0, 0.1) is 5.82 Å². The third kappa shape index (κ3) is 4.49. The van der Waals surface area contributed by atoms with Crippen LogP contribution in [0.3, 0.4) is 0 Å². The molecule has 2 aromatic heterocycles. The highest BCUT2D eigenvalue weighted by Gasteiger charge is 2.25. The van der Waals surface area contributed by atoms with E-state index in [1.165, 1.54) is 6.07 Å². The summed E-state index contributed by atoms with van der Waals surface area (Å²) in [7, 11) is 2.14. The molecule has 0 radical (unpaired) electrons. The van der Waals surface area contributed by atoms with Crippen LogP contribution in [0.2, 0.25) is 0 Å². The number of piperidine rings is 1. The van der Waals surface area contributed by atoms with Crippen LogP contribution in [0.15, 0.2) is 54.9 Å². The minimum Gasteiger partial charge on any atom is -0.324 e. The Hall–Kier alpha value is -2.86. The second kappa shape index (κ2) is 8.88. The molecule has 0 N–H and O–H groups in total. The number of likely N-dealkylation sites (tertiary alicyclic amines) is 1. The minimum atomic E-state index is -0.256. The Labute approximate surface area is 177 Å². The lowest BCUT2D eigenvalue weighted by molar-refractivity contribution is 0.246. The van der Waals surface area contributed by atoms with E-state index in [4.69, 9.17) is 9.97 Å². The predicted molar refractivity (Wildman–Crippen MR) is 118 cm³/mol. The van der Waals surface area contributed by atoms with Crippen molar-refractivity contribution < 1.29 is 4.39 Å². The molecule has 1 aliphatic rings. The van der Waals surface area contributed by atoms with Gasteiger partial charge in [0.15, 0.2) is 0 Å². The van der Waals surface area contributed by atoms with Crippen molar-refractivity contribution in [1.82, 2.24) is 19.9 Å². The number of halogens is 1. The normalized spacial score (nSPS) is 17.3. The lowest BCUT2D eigenvalue weighted by Crippen LogP contribution is -2.32. The van der Waals surface area contributed by atoms with Gasteiger partial charge in [-0.15, -0.1) is 0 Å². The van der Waals surface area contributed by atoms with Gasteiger partial charge in [-0.3, -0.25) is 4.98 Å². The smallest absolute Gasteiger partial charge is 0.137 e. The molecule has 3 heterocycles. The summed E-state index contributed by atoms with van der Waals surface area (Å²) in [4.78, 5) is 18.6. The van der Waals surface area contributed by atoms with E-state index in [0.29, 0.717) is 0 Å². The van der Waals surface area contributed by atoms with Gasteiger partial charge in [-0.05, 0) is 70.6 Å². The second-order valence-corrected chi connectivity index (χ2v) is 8.26. The molecule has 3 aromatic rings. The van der Waals surface area contributed by atoms with E-state index in [1.54, 1.807) is 18.3 Å². The molecule has 0 bridgehead atoms. The molecule has 6 heteroatoms. The average molecular weight is 406 g/mol. The van der Waals surface area contributed by atoms with Crippen molar-refractivity contribution in [1.29, 1.82) is 0 Å². The molecule has 1 saturated heterocycles. The highest BCUT2D eigenvalue weighted by molar-refractivity contribution is 5.67. The number of nitrogens with zero attached hydrogens (tertiary/aromatic N) is 5. The van der Waals surface area contributed by atoms with Crippen molar-refractivity contribution in [3.05, 3.63) is 66.5 Å². The van der Waals surface area contributed by atoms with E-state index in [0.717, 1.165) is 54.5 Å². The van der Waals surface area contributed by atoms with Gasteiger partial charge in [0.1, 0.15) is 17.5 Å². The van der Waals surface area contributed by atoms with Gasteiger partial charge >= 0.3 is 0 Å². The molecule has 1 aromatic carbocycles. The van der Waals surface area contributed by atoms with Crippen LogP contribution in [-0.2, 0) is 0 Å². The summed E-state index contributed by atoms with van der Waals surface area (Å²) in [5, 5.41) is 0. The molecule has 156 valence electrons. The van der Waals surface area contributed by atoms with Crippen LogP contribution < -0.4 is 4.90 Å². The SMILES string of the molecule is CC(C)N(c1cccc(F)c1)c1cc(-c2cccnc2)nc(C2CCCN(C)C2)n1. The first-order valence-corrected chi connectivity index (χ1v) is 10.5. The molecule has 1 fully saturated rings. The van der Waals surface area contributed by atoms with Crippen LogP contribution in [0.1, 0.15) is 38.4 Å². The fraction of sp³-hybridized carbons (Fsp3) is 0.375. The van der Waals surface area contributed by atoms with Gasteiger partial charge in [0, 0.05) is 48.2 Å². The highest BCUT2D eigenvalue weighted by atomic mass is 19.1. The first-order valence-electron chi connectivity index (χ1n) is 10.5. The van der Waals surface area contributed by atoms with E-state index in [1.807, 2.05) is 30.5 Å². The quantitative estimate of drug-likeness (QED) is 0.595. The zero-order chi connectivity index (χ0) is 21.1. The Kier molecular flexibility index (Phi) is 6.04. The third-order valence-corrected chi connectivity index (χ3v) is 5.53. The molecular weight excluding hydrogens is 377 g/mol. The number of anilines is 2.